The van der Waals surface area contributed by atoms with Crippen LogP contribution in [0.3, 0.4) is 0 Å². The summed E-state index contributed by atoms with van der Waals surface area (Å²) >= 11 is 3.17. The summed E-state index contributed by atoms with van der Waals surface area (Å²) in [5, 5.41) is 7.41. The summed E-state index contributed by atoms with van der Waals surface area (Å²) in [5.41, 5.74) is 1.94. The third-order valence-electron chi connectivity index (χ3n) is 2.61. The molecule has 0 aliphatic carbocycles. The number of aromatic nitrogens is 2. The second-order valence-electron chi connectivity index (χ2n) is 3.87. The van der Waals surface area contributed by atoms with Gasteiger partial charge in [0, 0.05) is 18.9 Å². The first-order valence-corrected chi connectivity index (χ1v) is 6.06. The van der Waals surface area contributed by atoms with Crippen molar-refractivity contribution < 1.29 is 4.39 Å². The fourth-order valence-corrected chi connectivity index (χ4v) is 2.10. The van der Waals surface area contributed by atoms with E-state index in [1.807, 2.05) is 24.7 Å². The molecule has 3 nitrogen and oxygen atoms in total. The second-order valence-corrected chi connectivity index (χ2v) is 4.73. The molecule has 1 heterocycles. The highest BCUT2D eigenvalue weighted by atomic mass is 79.9. The third-order valence-corrected chi connectivity index (χ3v) is 3.21. The Morgan fingerprint density at radius 2 is 2.18 bits per heavy atom. The Morgan fingerprint density at radius 1 is 1.41 bits per heavy atom. The number of rotatable bonds is 3. The SMILES string of the molecule is CC(Nc1ccc(F)c(Br)c1)c1ccnn1C. The summed E-state index contributed by atoms with van der Waals surface area (Å²) in [4.78, 5) is 0. The van der Waals surface area contributed by atoms with Gasteiger partial charge in [-0.2, -0.15) is 5.10 Å². The molecule has 2 aromatic rings. The zero-order valence-electron chi connectivity index (χ0n) is 9.61. The lowest BCUT2D eigenvalue weighted by Crippen LogP contribution is -2.11. The quantitative estimate of drug-likeness (QED) is 0.940. The highest BCUT2D eigenvalue weighted by molar-refractivity contribution is 9.10. The number of benzene rings is 1. The van der Waals surface area contributed by atoms with Crippen molar-refractivity contribution in [2.45, 2.75) is 13.0 Å². The molecule has 5 heteroatoms. The monoisotopic (exact) mass is 297 g/mol. The van der Waals surface area contributed by atoms with E-state index in [1.54, 1.807) is 18.3 Å². The molecule has 0 amide bonds. The number of nitrogens with one attached hydrogen (secondary N) is 1. The average Bonchev–Trinajstić information content (AvgIpc) is 2.70. The van der Waals surface area contributed by atoms with Crippen LogP contribution in [0.1, 0.15) is 18.7 Å². The van der Waals surface area contributed by atoms with Crippen LogP contribution in [0, 0.1) is 5.82 Å². The van der Waals surface area contributed by atoms with Gasteiger partial charge < -0.3 is 5.32 Å². The van der Waals surface area contributed by atoms with Gasteiger partial charge >= 0.3 is 0 Å². The van der Waals surface area contributed by atoms with Gasteiger partial charge in [-0.15, -0.1) is 0 Å². The Balaban J connectivity index is 2.16. The van der Waals surface area contributed by atoms with Crippen molar-refractivity contribution >= 4 is 21.6 Å². The Morgan fingerprint density at radius 3 is 2.76 bits per heavy atom. The first-order valence-electron chi connectivity index (χ1n) is 5.27. The summed E-state index contributed by atoms with van der Waals surface area (Å²) in [6.07, 6.45) is 1.76. The first-order chi connectivity index (χ1) is 8.08. The van der Waals surface area contributed by atoms with Gasteiger partial charge in [0.15, 0.2) is 0 Å². The van der Waals surface area contributed by atoms with E-state index in [0.717, 1.165) is 11.4 Å². The van der Waals surface area contributed by atoms with E-state index in [1.165, 1.54) is 6.07 Å². The van der Waals surface area contributed by atoms with Crippen LogP contribution >= 0.6 is 15.9 Å². The minimum atomic E-state index is -0.260. The third kappa shape index (κ3) is 2.66. The minimum Gasteiger partial charge on any atom is -0.377 e. The summed E-state index contributed by atoms with van der Waals surface area (Å²) in [5.74, 6) is -0.260. The van der Waals surface area contributed by atoms with Gasteiger partial charge in [-0.1, -0.05) is 0 Å². The molecule has 1 unspecified atom stereocenters. The van der Waals surface area contributed by atoms with E-state index in [-0.39, 0.29) is 11.9 Å². The van der Waals surface area contributed by atoms with E-state index < -0.39 is 0 Å². The maximum Gasteiger partial charge on any atom is 0.137 e. The van der Waals surface area contributed by atoms with Gasteiger partial charge in [-0.25, -0.2) is 4.39 Å². The van der Waals surface area contributed by atoms with Crippen LogP contribution in [-0.2, 0) is 7.05 Å². The Bertz CT molecular complexity index is 524. The van der Waals surface area contributed by atoms with Crippen LogP contribution < -0.4 is 5.32 Å². The van der Waals surface area contributed by atoms with Gasteiger partial charge in [-0.3, -0.25) is 4.68 Å². The predicted octanol–water partition coefficient (Wildman–Crippen LogP) is 3.49. The highest BCUT2D eigenvalue weighted by Gasteiger charge is 2.09. The summed E-state index contributed by atoms with van der Waals surface area (Å²) < 4.78 is 15.4. The molecule has 1 atom stereocenters. The number of anilines is 1. The zero-order chi connectivity index (χ0) is 12.4. The molecule has 90 valence electrons. The van der Waals surface area contributed by atoms with Gasteiger partial charge in [-0.05, 0) is 47.1 Å². The fraction of sp³-hybridized carbons (Fsp3) is 0.250. The molecule has 0 aliphatic heterocycles. The largest absolute Gasteiger partial charge is 0.377 e. The maximum atomic E-state index is 13.1. The molecule has 1 N–H and O–H groups in total. The van der Waals surface area contributed by atoms with Crippen LogP contribution in [0.15, 0.2) is 34.9 Å². The molecule has 17 heavy (non-hydrogen) atoms. The van der Waals surface area contributed by atoms with Crippen LogP contribution in [0.4, 0.5) is 10.1 Å². The average molecular weight is 298 g/mol. The number of hydrogen-bond donors (Lipinski definition) is 1. The van der Waals surface area contributed by atoms with E-state index in [0.29, 0.717) is 4.47 Å². The van der Waals surface area contributed by atoms with Crippen LogP contribution in [0.25, 0.3) is 0 Å². The predicted molar refractivity (Wildman–Crippen MR) is 69.3 cm³/mol. The van der Waals surface area contributed by atoms with E-state index in [2.05, 4.69) is 26.3 Å². The molecule has 0 radical (unpaired) electrons. The number of halogens is 2. The maximum absolute atomic E-state index is 13.1. The number of hydrogen-bond acceptors (Lipinski definition) is 2. The zero-order valence-corrected chi connectivity index (χ0v) is 11.2. The minimum absolute atomic E-state index is 0.111. The molecule has 2 rings (SSSR count). The first kappa shape index (κ1) is 12.1. The molecule has 1 aromatic heterocycles. The lowest BCUT2D eigenvalue weighted by atomic mass is 10.2. The van der Waals surface area contributed by atoms with Gasteiger partial charge in [0.2, 0.25) is 0 Å². The second kappa shape index (κ2) is 4.87. The molecule has 0 saturated carbocycles. The molecular weight excluding hydrogens is 285 g/mol. The molecular formula is C12H13BrFN3. The number of aryl methyl sites for hydroxylation is 1. The van der Waals surface area contributed by atoms with Gasteiger partial charge in [0.1, 0.15) is 5.82 Å². The van der Waals surface area contributed by atoms with Crippen LogP contribution in [-0.4, -0.2) is 9.78 Å². The summed E-state index contributed by atoms with van der Waals surface area (Å²) in [7, 11) is 1.90. The van der Waals surface area contributed by atoms with Crippen molar-refractivity contribution in [2.24, 2.45) is 7.05 Å². The van der Waals surface area contributed by atoms with E-state index in [9.17, 15) is 4.39 Å². The van der Waals surface area contributed by atoms with Crippen LogP contribution in [0.5, 0.6) is 0 Å². The fourth-order valence-electron chi connectivity index (χ4n) is 1.72. The highest BCUT2D eigenvalue weighted by Crippen LogP contribution is 2.23. The van der Waals surface area contributed by atoms with Crippen molar-refractivity contribution in [3.8, 4) is 0 Å². The molecule has 0 bridgehead atoms. The van der Waals surface area contributed by atoms with E-state index in [4.69, 9.17) is 0 Å². The van der Waals surface area contributed by atoms with Crippen LogP contribution in [0.2, 0.25) is 0 Å². The lowest BCUT2D eigenvalue weighted by molar-refractivity contribution is 0.621. The van der Waals surface area contributed by atoms with Gasteiger partial charge in [0.05, 0.1) is 16.2 Å². The van der Waals surface area contributed by atoms with Crippen molar-refractivity contribution in [1.82, 2.24) is 9.78 Å². The smallest absolute Gasteiger partial charge is 0.137 e. The topological polar surface area (TPSA) is 29.9 Å². The Hall–Kier alpha value is -1.36. The van der Waals surface area contributed by atoms with Crippen molar-refractivity contribution in [3.05, 3.63) is 46.4 Å². The Labute approximate surface area is 108 Å². The van der Waals surface area contributed by atoms with Crippen molar-refractivity contribution in [2.75, 3.05) is 5.32 Å². The Kier molecular flexibility index (Phi) is 3.47. The molecule has 0 spiro atoms. The standard InChI is InChI=1S/C12H13BrFN3/c1-8(12-5-6-15-17(12)2)16-9-3-4-11(14)10(13)7-9/h3-8,16H,1-2H3. The number of nitrogens with zero attached hydrogens (tertiary/aromatic N) is 2. The van der Waals surface area contributed by atoms with Crippen molar-refractivity contribution in [3.63, 3.8) is 0 Å². The molecule has 0 aliphatic rings. The molecule has 0 saturated heterocycles. The van der Waals surface area contributed by atoms with Crippen molar-refractivity contribution in [1.29, 1.82) is 0 Å². The molecule has 1 aromatic carbocycles. The summed E-state index contributed by atoms with van der Waals surface area (Å²) in [6, 6.07) is 6.94. The van der Waals surface area contributed by atoms with E-state index >= 15 is 0 Å². The lowest BCUT2D eigenvalue weighted by Gasteiger charge is -2.15. The van der Waals surface area contributed by atoms with Gasteiger partial charge in [0.25, 0.3) is 0 Å². The summed E-state index contributed by atoms with van der Waals surface area (Å²) in [6.45, 7) is 2.04. The molecule has 0 fully saturated rings. The normalized spacial score (nSPS) is 12.5.